The number of carbonyl (C=O) groups excluding carboxylic acids is 1. The smallest absolute Gasteiger partial charge is 0.196 e. The van der Waals surface area contributed by atoms with Gasteiger partial charge in [-0.2, -0.15) is 0 Å². The van der Waals surface area contributed by atoms with E-state index in [0.717, 1.165) is 11.4 Å². The summed E-state index contributed by atoms with van der Waals surface area (Å²) < 4.78 is 7.19. The molecule has 0 atom stereocenters. The van der Waals surface area contributed by atoms with Crippen molar-refractivity contribution in [3.63, 3.8) is 0 Å². The van der Waals surface area contributed by atoms with Crippen LogP contribution in [0.15, 0.2) is 66.1 Å². The highest BCUT2D eigenvalue weighted by molar-refractivity contribution is 7.99. The second-order valence-electron chi connectivity index (χ2n) is 4.73. The van der Waals surface area contributed by atoms with Crippen LogP contribution in [0.5, 0.6) is 5.75 Å². The Labute approximate surface area is 138 Å². The van der Waals surface area contributed by atoms with Crippen LogP contribution in [-0.4, -0.2) is 33.4 Å². The maximum atomic E-state index is 12.2. The van der Waals surface area contributed by atoms with Crippen LogP contribution in [0.25, 0.3) is 5.69 Å². The Kier molecular flexibility index (Phi) is 4.73. The first-order chi connectivity index (χ1) is 11.3. The molecule has 116 valence electrons. The molecule has 0 aliphatic heterocycles. The second kappa shape index (κ2) is 7.11. The van der Waals surface area contributed by atoms with E-state index in [0.29, 0.717) is 16.5 Å². The number of thioether (sulfide) groups is 1. The number of Topliss-reactive ketones (excluding diaryl/α,β-unsaturated/α-hetero) is 1. The Morgan fingerprint density at radius 2 is 1.87 bits per heavy atom. The summed E-state index contributed by atoms with van der Waals surface area (Å²) in [4.78, 5) is 12.2. The van der Waals surface area contributed by atoms with Crippen molar-refractivity contribution in [2.24, 2.45) is 0 Å². The molecule has 0 saturated heterocycles. The lowest BCUT2D eigenvalue weighted by molar-refractivity contribution is 0.102. The van der Waals surface area contributed by atoms with Crippen molar-refractivity contribution in [2.75, 3.05) is 12.9 Å². The average molecular weight is 325 g/mol. The number of hydrogen-bond donors (Lipinski definition) is 0. The standard InChI is InChI=1S/C17H15N3O2S/c1-22-16-10-6-5-9-14(16)20-12-18-19-17(20)23-11-15(21)13-7-3-2-4-8-13/h2-10,12H,11H2,1H3. The van der Waals surface area contributed by atoms with E-state index < -0.39 is 0 Å². The molecule has 0 radical (unpaired) electrons. The number of ether oxygens (including phenoxy) is 1. The summed E-state index contributed by atoms with van der Waals surface area (Å²) in [5, 5.41) is 8.70. The zero-order valence-corrected chi connectivity index (χ0v) is 13.4. The summed E-state index contributed by atoms with van der Waals surface area (Å²) in [6.07, 6.45) is 1.62. The summed E-state index contributed by atoms with van der Waals surface area (Å²) in [5.41, 5.74) is 1.54. The summed E-state index contributed by atoms with van der Waals surface area (Å²) in [6, 6.07) is 16.8. The number of benzene rings is 2. The predicted octanol–water partition coefficient (Wildman–Crippen LogP) is 3.25. The number of aromatic nitrogens is 3. The van der Waals surface area contributed by atoms with Crippen molar-refractivity contribution in [1.82, 2.24) is 14.8 Å². The van der Waals surface area contributed by atoms with Gasteiger partial charge >= 0.3 is 0 Å². The van der Waals surface area contributed by atoms with Gasteiger partial charge in [-0.3, -0.25) is 9.36 Å². The molecular formula is C17H15N3O2S. The van der Waals surface area contributed by atoms with E-state index in [1.807, 2.05) is 59.2 Å². The molecule has 0 fully saturated rings. The third-order valence-electron chi connectivity index (χ3n) is 3.29. The van der Waals surface area contributed by atoms with Gasteiger partial charge in [-0.25, -0.2) is 0 Å². The summed E-state index contributed by atoms with van der Waals surface area (Å²) in [5.74, 6) is 1.09. The maximum absolute atomic E-state index is 12.2. The van der Waals surface area contributed by atoms with Crippen molar-refractivity contribution >= 4 is 17.5 Å². The number of carbonyl (C=O) groups is 1. The lowest BCUT2D eigenvalue weighted by Gasteiger charge is -2.10. The van der Waals surface area contributed by atoms with E-state index in [1.54, 1.807) is 13.4 Å². The minimum atomic E-state index is 0.0603. The van der Waals surface area contributed by atoms with Crippen LogP contribution in [0.4, 0.5) is 0 Å². The van der Waals surface area contributed by atoms with Gasteiger partial charge in [0, 0.05) is 5.56 Å². The molecule has 5 nitrogen and oxygen atoms in total. The van der Waals surface area contributed by atoms with Crippen LogP contribution in [0.1, 0.15) is 10.4 Å². The van der Waals surface area contributed by atoms with Crippen LogP contribution in [0.2, 0.25) is 0 Å². The van der Waals surface area contributed by atoms with Gasteiger partial charge in [0.2, 0.25) is 0 Å². The third-order valence-corrected chi connectivity index (χ3v) is 4.23. The molecule has 1 heterocycles. The Morgan fingerprint density at radius 1 is 1.13 bits per heavy atom. The largest absolute Gasteiger partial charge is 0.495 e. The highest BCUT2D eigenvalue weighted by Crippen LogP contribution is 2.26. The number of methoxy groups -OCH3 is 1. The first-order valence-electron chi connectivity index (χ1n) is 7.04. The fourth-order valence-corrected chi connectivity index (χ4v) is 2.97. The van der Waals surface area contributed by atoms with Crippen LogP contribution in [-0.2, 0) is 0 Å². The van der Waals surface area contributed by atoms with Crippen LogP contribution in [0.3, 0.4) is 0 Å². The third kappa shape index (κ3) is 3.43. The van der Waals surface area contributed by atoms with Gasteiger partial charge < -0.3 is 4.74 Å². The number of hydrogen-bond acceptors (Lipinski definition) is 5. The Balaban J connectivity index is 1.78. The van der Waals surface area contributed by atoms with E-state index in [1.165, 1.54) is 11.8 Å². The number of para-hydroxylation sites is 2. The highest BCUT2D eigenvalue weighted by atomic mass is 32.2. The Morgan fingerprint density at radius 3 is 2.65 bits per heavy atom. The molecule has 0 aliphatic carbocycles. The zero-order valence-electron chi connectivity index (χ0n) is 12.5. The summed E-state index contributed by atoms with van der Waals surface area (Å²) in [6.45, 7) is 0. The van der Waals surface area contributed by atoms with Crippen LogP contribution in [0, 0.1) is 0 Å². The fraction of sp³-hybridized carbons (Fsp3) is 0.118. The Hall–Kier alpha value is -2.60. The summed E-state index contributed by atoms with van der Waals surface area (Å²) in [7, 11) is 1.62. The molecule has 1 aromatic heterocycles. The summed E-state index contributed by atoms with van der Waals surface area (Å²) >= 11 is 1.35. The highest BCUT2D eigenvalue weighted by Gasteiger charge is 2.13. The molecular weight excluding hydrogens is 310 g/mol. The molecule has 3 aromatic rings. The van der Waals surface area contributed by atoms with Crippen molar-refractivity contribution in [3.8, 4) is 11.4 Å². The van der Waals surface area contributed by atoms with E-state index in [2.05, 4.69) is 10.2 Å². The molecule has 0 amide bonds. The predicted molar refractivity (Wildman–Crippen MR) is 89.4 cm³/mol. The minimum absolute atomic E-state index is 0.0603. The van der Waals surface area contributed by atoms with Gasteiger partial charge in [-0.1, -0.05) is 54.2 Å². The van der Waals surface area contributed by atoms with Crippen molar-refractivity contribution in [1.29, 1.82) is 0 Å². The van der Waals surface area contributed by atoms with Crippen LogP contribution >= 0.6 is 11.8 Å². The van der Waals surface area contributed by atoms with Gasteiger partial charge in [0.15, 0.2) is 10.9 Å². The first kappa shape index (κ1) is 15.3. The number of nitrogens with zero attached hydrogens (tertiary/aromatic N) is 3. The lowest BCUT2D eigenvalue weighted by Crippen LogP contribution is -2.04. The molecule has 0 spiro atoms. The van der Waals surface area contributed by atoms with Gasteiger partial charge in [-0.15, -0.1) is 10.2 Å². The van der Waals surface area contributed by atoms with Crippen molar-refractivity contribution in [3.05, 3.63) is 66.5 Å². The average Bonchev–Trinajstić information content (AvgIpc) is 3.08. The molecule has 0 N–H and O–H groups in total. The maximum Gasteiger partial charge on any atom is 0.196 e. The second-order valence-corrected chi connectivity index (χ2v) is 5.68. The van der Waals surface area contributed by atoms with Crippen molar-refractivity contribution in [2.45, 2.75) is 5.16 Å². The van der Waals surface area contributed by atoms with E-state index in [9.17, 15) is 4.79 Å². The minimum Gasteiger partial charge on any atom is -0.495 e. The topological polar surface area (TPSA) is 57.0 Å². The van der Waals surface area contributed by atoms with Crippen molar-refractivity contribution < 1.29 is 9.53 Å². The normalized spacial score (nSPS) is 10.5. The fourth-order valence-electron chi connectivity index (χ4n) is 2.15. The lowest BCUT2D eigenvalue weighted by atomic mass is 10.2. The quantitative estimate of drug-likeness (QED) is 0.514. The molecule has 0 unspecified atom stereocenters. The van der Waals surface area contributed by atoms with Crippen LogP contribution < -0.4 is 4.74 Å². The molecule has 0 bridgehead atoms. The molecule has 0 aliphatic rings. The van der Waals surface area contributed by atoms with Gasteiger partial charge in [0.1, 0.15) is 12.1 Å². The molecule has 3 rings (SSSR count). The number of ketones is 1. The zero-order chi connectivity index (χ0) is 16.1. The van der Waals surface area contributed by atoms with E-state index in [4.69, 9.17) is 4.74 Å². The van der Waals surface area contributed by atoms with Gasteiger partial charge in [0.25, 0.3) is 0 Å². The van der Waals surface area contributed by atoms with Gasteiger partial charge in [-0.05, 0) is 12.1 Å². The SMILES string of the molecule is COc1ccccc1-n1cnnc1SCC(=O)c1ccccc1. The van der Waals surface area contributed by atoms with E-state index >= 15 is 0 Å². The number of rotatable bonds is 6. The van der Waals surface area contributed by atoms with E-state index in [-0.39, 0.29) is 5.78 Å². The Bertz CT molecular complexity index is 802. The molecule has 0 saturated carbocycles. The molecule has 23 heavy (non-hydrogen) atoms. The monoisotopic (exact) mass is 325 g/mol. The molecule has 2 aromatic carbocycles. The molecule has 6 heteroatoms. The van der Waals surface area contributed by atoms with Gasteiger partial charge in [0.05, 0.1) is 18.6 Å². The first-order valence-corrected chi connectivity index (χ1v) is 8.02.